The molecule has 0 unspecified atom stereocenters. The highest BCUT2D eigenvalue weighted by Gasteiger charge is 2.30. The van der Waals surface area contributed by atoms with Crippen molar-refractivity contribution in [3.8, 4) is 5.69 Å². The number of halogens is 3. The van der Waals surface area contributed by atoms with Crippen molar-refractivity contribution < 1.29 is 18.0 Å². The largest absolute Gasteiger partial charge is 0.416 e. The molecule has 0 aliphatic heterocycles. The van der Waals surface area contributed by atoms with Crippen molar-refractivity contribution in [1.29, 1.82) is 0 Å². The van der Waals surface area contributed by atoms with Gasteiger partial charge in [-0.2, -0.15) is 18.3 Å². The Hall–Kier alpha value is -2.81. The molecule has 26 heavy (non-hydrogen) atoms. The summed E-state index contributed by atoms with van der Waals surface area (Å²) in [7, 11) is 3.32. The molecule has 0 saturated carbocycles. The van der Waals surface area contributed by atoms with Crippen LogP contribution in [0.25, 0.3) is 26.9 Å². The van der Waals surface area contributed by atoms with Crippen LogP contribution in [-0.4, -0.2) is 27.3 Å². The number of hydrogen-bond donors (Lipinski definition) is 1. The molecule has 0 bridgehead atoms. The second-order valence-electron chi connectivity index (χ2n) is 5.83. The third-order valence-electron chi connectivity index (χ3n) is 4.13. The lowest BCUT2D eigenvalue weighted by atomic mass is 10.2. The van der Waals surface area contributed by atoms with Crippen LogP contribution in [0.4, 0.5) is 13.2 Å². The van der Waals surface area contributed by atoms with Gasteiger partial charge in [-0.3, -0.25) is 14.0 Å². The number of hydrogen-bond acceptors (Lipinski definition) is 3. The van der Waals surface area contributed by atoms with Gasteiger partial charge in [0.2, 0.25) is 0 Å². The first-order valence-corrected chi connectivity index (χ1v) is 8.48. The topological polar surface area (TPSA) is 51.9 Å². The van der Waals surface area contributed by atoms with Crippen LogP contribution in [0.2, 0.25) is 0 Å². The summed E-state index contributed by atoms with van der Waals surface area (Å²) in [5.41, 5.74) is 0.484. The van der Waals surface area contributed by atoms with Gasteiger partial charge < -0.3 is 5.32 Å². The van der Waals surface area contributed by atoms with Crippen LogP contribution in [0.3, 0.4) is 0 Å². The molecular formula is C17H13F3N4OS. The molecule has 0 atom stereocenters. The summed E-state index contributed by atoms with van der Waals surface area (Å²) in [6.07, 6.45) is -2.56. The van der Waals surface area contributed by atoms with Crippen LogP contribution in [0.1, 0.15) is 15.2 Å². The number of aromatic nitrogens is 3. The molecule has 0 fully saturated rings. The summed E-state index contributed by atoms with van der Waals surface area (Å²) in [5, 5.41) is 8.70. The number of alkyl halides is 3. The van der Waals surface area contributed by atoms with Crippen LogP contribution >= 0.6 is 11.3 Å². The Bertz CT molecular complexity index is 1140. The predicted octanol–water partition coefficient (Wildman–Crippen LogP) is 3.96. The highest BCUT2D eigenvalue weighted by atomic mass is 32.1. The number of aryl methyl sites for hydroxylation is 1. The molecule has 0 radical (unpaired) electrons. The molecule has 134 valence electrons. The molecule has 1 amide bonds. The molecular weight excluding hydrogens is 365 g/mol. The fourth-order valence-corrected chi connectivity index (χ4v) is 4.08. The smallest absolute Gasteiger partial charge is 0.354 e. The highest BCUT2D eigenvalue weighted by Crippen LogP contribution is 2.37. The lowest BCUT2D eigenvalue weighted by molar-refractivity contribution is -0.137. The second kappa shape index (κ2) is 5.60. The predicted molar refractivity (Wildman–Crippen MR) is 93.8 cm³/mol. The number of rotatable bonds is 2. The van der Waals surface area contributed by atoms with E-state index in [-0.39, 0.29) is 5.91 Å². The van der Waals surface area contributed by atoms with Gasteiger partial charge >= 0.3 is 6.18 Å². The van der Waals surface area contributed by atoms with E-state index in [1.54, 1.807) is 29.4 Å². The first kappa shape index (κ1) is 16.6. The van der Waals surface area contributed by atoms with Crippen LogP contribution in [0.5, 0.6) is 0 Å². The van der Waals surface area contributed by atoms with E-state index in [0.717, 1.165) is 27.7 Å². The van der Waals surface area contributed by atoms with E-state index in [4.69, 9.17) is 0 Å². The van der Waals surface area contributed by atoms with Gasteiger partial charge in [-0.15, -0.1) is 11.3 Å². The molecule has 0 saturated heterocycles. The molecule has 9 heteroatoms. The zero-order valence-corrected chi connectivity index (χ0v) is 14.6. The summed E-state index contributed by atoms with van der Waals surface area (Å²) in [6, 6.07) is 6.70. The summed E-state index contributed by atoms with van der Waals surface area (Å²) in [4.78, 5) is 13.3. The van der Waals surface area contributed by atoms with E-state index in [1.165, 1.54) is 23.5 Å². The van der Waals surface area contributed by atoms with E-state index in [2.05, 4.69) is 10.4 Å². The van der Waals surface area contributed by atoms with Gasteiger partial charge in [0.1, 0.15) is 4.83 Å². The van der Waals surface area contributed by atoms with Gasteiger partial charge in [0.05, 0.1) is 10.4 Å². The van der Waals surface area contributed by atoms with Gasteiger partial charge in [-0.05, 0) is 30.3 Å². The normalized spacial score (nSPS) is 12.2. The Balaban J connectivity index is 1.97. The van der Waals surface area contributed by atoms with Gasteiger partial charge in [0.15, 0.2) is 5.65 Å². The standard InChI is InChI=1S/C17H13F3N4OS/c1-21-15(25)13-7-11-12-8-23(2)22-14(12)24(16(11)26-13)10-5-3-9(4-6-10)17(18,19)20/h3-8H,1-2H3,(H,21,25). The number of amides is 1. The molecule has 3 aromatic heterocycles. The average Bonchev–Trinajstić information content (AvgIpc) is 3.23. The first-order valence-electron chi connectivity index (χ1n) is 7.67. The van der Waals surface area contributed by atoms with E-state index in [1.807, 2.05) is 6.20 Å². The Morgan fingerprint density at radius 1 is 1.19 bits per heavy atom. The number of carbonyl (C=O) groups is 1. The van der Waals surface area contributed by atoms with Crippen LogP contribution < -0.4 is 5.32 Å². The SMILES string of the molecule is CNC(=O)c1cc2c3cn(C)nc3n(-c3ccc(C(F)(F)F)cc3)c2s1. The maximum Gasteiger partial charge on any atom is 0.416 e. The number of nitrogens with zero attached hydrogens (tertiary/aromatic N) is 3. The van der Waals surface area contributed by atoms with E-state index < -0.39 is 11.7 Å². The minimum atomic E-state index is -4.39. The van der Waals surface area contributed by atoms with Crippen molar-refractivity contribution >= 4 is 38.5 Å². The van der Waals surface area contributed by atoms with E-state index >= 15 is 0 Å². The van der Waals surface area contributed by atoms with Crippen molar-refractivity contribution in [2.75, 3.05) is 7.05 Å². The fourth-order valence-electron chi connectivity index (χ4n) is 2.94. The second-order valence-corrected chi connectivity index (χ2v) is 6.86. The van der Waals surface area contributed by atoms with Crippen LogP contribution in [-0.2, 0) is 13.2 Å². The fraction of sp³-hybridized carbons (Fsp3) is 0.176. The lowest BCUT2D eigenvalue weighted by Gasteiger charge is -2.09. The summed E-state index contributed by atoms with van der Waals surface area (Å²) in [6.45, 7) is 0. The molecule has 4 aromatic rings. The molecule has 0 aliphatic carbocycles. The summed E-state index contributed by atoms with van der Waals surface area (Å²) in [5.74, 6) is -0.206. The number of benzene rings is 1. The van der Waals surface area contributed by atoms with Gasteiger partial charge in [-0.25, -0.2) is 0 Å². The number of thiophene rings is 1. The van der Waals surface area contributed by atoms with Crippen LogP contribution in [0, 0.1) is 0 Å². The molecule has 4 rings (SSSR count). The molecule has 0 spiro atoms. The number of carbonyl (C=O) groups excluding carboxylic acids is 1. The van der Waals surface area contributed by atoms with Crippen molar-refractivity contribution in [3.05, 3.63) is 47.0 Å². The average molecular weight is 378 g/mol. The van der Waals surface area contributed by atoms with Gasteiger partial charge in [0, 0.05) is 36.8 Å². The third-order valence-corrected chi connectivity index (χ3v) is 5.25. The molecule has 1 N–H and O–H groups in total. The quantitative estimate of drug-likeness (QED) is 0.574. The van der Waals surface area contributed by atoms with Crippen molar-refractivity contribution in [3.63, 3.8) is 0 Å². The zero-order valence-electron chi connectivity index (χ0n) is 13.8. The Labute approximate surface area is 149 Å². The maximum absolute atomic E-state index is 12.8. The number of fused-ring (bicyclic) bond motifs is 3. The molecule has 0 aliphatic rings. The van der Waals surface area contributed by atoms with E-state index in [9.17, 15) is 18.0 Å². The molecule has 1 aromatic carbocycles. The van der Waals surface area contributed by atoms with Crippen molar-refractivity contribution in [1.82, 2.24) is 19.7 Å². The molecule has 5 nitrogen and oxygen atoms in total. The highest BCUT2D eigenvalue weighted by molar-refractivity contribution is 7.20. The van der Waals surface area contributed by atoms with Crippen molar-refractivity contribution in [2.24, 2.45) is 7.05 Å². The Morgan fingerprint density at radius 2 is 1.88 bits per heavy atom. The third kappa shape index (κ3) is 2.47. The lowest BCUT2D eigenvalue weighted by Crippen LogP contribution is -2.16. The van der Waals surface area contributed by atoms with Crippen molar-refractivity contribution in [2.45, 2.75) is 6.18 Å². The van der Waals surface area contributed by atoms with Crippen LogP contribution in [0.15, 0.2) is 36.5 Å². The minimum Gasteiger partial charge on any atom is -0.354 e. The summed E-state index contributed by atoms with van der Waals surface area (Å²) >= 11 is 1.28. The number of nitrogens with one attached hydrogen (secondary N) is 1. The summed E-state index contributed by atoms with van der Waals surface area (Å²) < 4.78 is 41.9. The Morgan fingerprint density at radius 3 is 2.50 bits per heavy atom. The van der Waals surface area contributed by atoms with Gasteiger partial charge in [0.25, 0.3) is 5.91 Å². The molecule has 3 heterocycles. The zero-order chi connectivity index (χ0) is 18.6. The Kier molecular flexibility index (Phi) is 3.58. The van der Waals surface area contributed by atoms with E-state index in [0.29, 0.717) is 16.2 Å². The first-order chi connectivity index (χ1) is 12.3. The monoisotopic (exact) mass is 378 g/mol. The van der Waals surface area contributed by atoms with Gasteiger partial charge in [-0.1, -0.05) is 0 Å². The maximum atomic E-state index is 12.8. The minimum absolute atomic E-state index is 0.206.